The Balaban J connectivity index is 1.79. The summed E-state index contributed by atoms with van der Waals surface area (Å²) in [4.78, 5) is 11.9. The Labute approximate surface area is 125 Å². The average molecular weight is 292 g/mol. The molecule has 1 aliphatic rings. The minimum absolute atomic E-state index is 0.131. The lowest BCUT2D eigenvalue weighted by Crippen LogP contribution is -2.48. The number of amides is 2. The predicted molar refractivity (Wildman–Crippen MR) is 81.2 cm³/mol. The van der Waals surface area contributed by atoms with E-state index in [4.69, 9.17) is 4.74 Å². The summed E-state index contributed by atoms with van der Waals surface area (Å²) >= 11 is 0. The maximum atomic E-state index is 11.9. The molecule has 5 nitrogen and oxygen atoms in total. The van der Waals surface area contributed by atoms with Crippen LogP contribution in [0.3, 0.4) is 0 Å². The van der Waals surface area contributed by atoms with Crippen molar-refractivity contribution >= 4 is 6.03 Å². The van der Waals surface area contributed by atoms with Gasteiger partial charge in [-0.2, -0.15) is 0 Å². The zero-order valence-corrected chi connectivity index (χ0v) is 12.5. The van der Waals surface area contributed by atoms with Crippen molar-refractivity contribution in [2.45, 2.75) is 51.3 Å². The Bertz CT molecular complexity index is 465. The number of nitrogens with one attached hydrogen (secondary N) is 2. The van der Waals surface area contributed by atoms with Crippen molar-refractivity contribution in [1.82, 2.24) is 10.6 Å². The zero-order valence-electron chi connectivity index (χ0n) is 12.5. The van der Waals surface area contributed by atoms with E-state index in [0.29, 0.717) is 13.2 Å². The Morgan fingerprint density at radius 3 is 2.95 bits per heavy atom. The third-order valence-electron chi connectivity index (χ3n) is 3.71. The highest BCUT2D eigenvalue weighted by molar-refractivity contribution is 5.74. The molecule has 1 aliphatic carbocycles. The monoisotopic (exact) mass is 292 g/mol. The van der Waals surface area contributed by atoms with E-state index in [-0.39, 0.29) is 12.1 Å². The molecule has 2 amide bonds. The van der Waals surface area contributed by atoms with E-state index in [1.54, 1.807) is 0 Å². The first-order valence-electron chi connectivity index (χ1n) is 7.63. The van der Waals surface area contributed by atoms with Crippen LogP contribution < -0.4 is 15.4 Å². The molecular formula is C16H24N2O3. The third-order valence-corrected chi connectivity index (χ3v) is 3.71. The van der Waals surface area contributed by atoms with Crippen molar-refractivity contribution in [1.29, 1.82) is 0 Å². The number of benzene rings is 1. The first-order valence-corrected chi connectivity index (χ1v) is 7.63. The highest BCUT2D eigenvalue weighted by Gasteiger charge is 2.24. The third kappa shape index (κ3) is 4.93. The molecule has 0 aromatic heterocycles. The lowest BCUT2D eigenvalue weighted by molar-refractivity contribution is 0.0943. The highest BCUT2D eigenvalue weighted by Crippen LogP contribution is 2.18. The Morgan fingerprint density at radius 2 is 2.19 bits per heavy atom. The van der Waals surface area contributed by atoms with Gasteiger partial charge in [0.2, 0.25) is 0 Å². The maximum Gasteiger partial charge on any atom is 0.315 e. The molecular weight excluding hydrogens is 268 g/mol. The van der Waals surface area contributed by atoms with E-state index in [0.717, 1.165) is 37.0 Å². The quantitative estimate of drug-likeness (QED) is 0.779. The summed E-state index contributed by atoms with van der Waals surface area (Å²) in [5, 5.41) is 15.5. The fraction of sp³-hybridized carbons (Fsp3) is 0.562. The number of aliphatic hydroxyl groups excluding tert-OH is 1. The summed E-state index contributed by atoms with van der Waals surface area (Å²) in [5.74, 6) is 0.805. The van der Waals surface area contributed by atoms with Crippen LogP contribution in [0.5, 0.6) is 5.75 Å². The first kappa shape index (κ1) is 15.6. The SMILES string of the molecule is CCOc1cccc(CNC(=O)NC2CCCCC2O)c1. The van der Waals surface area contributed by atoms with E-state index in [1.807, 2.05) is 31.2 Å². The van der Waals surface area contributed by atoms with E-state index < -0.39 is 6.10 Å². The zero-order chi connectivity index (χ0) is 15.1. The van der Waals surface area contributed by atoms with Gasteiger partial charge in [0.1, 0.15) is 5.75 Å². The molecule has 1 aromatic rings. The van der Waals surface area contributed by atoms with Crippen molar-refractivity contribution in [3.63, 3.8) is 0 Å². The van der Waals surface area contributed by atoms with Gasteiger partial charge in [-0.05, 0) is 37.5 Å². The summed E-state index contributed by atoms with van der Waals surface area (Å²) < 4.78 is 5.43. The molecule has 2 rings (SSSR count). The lowest BCUT2D eigenvalue weighted by atomic mass is 9.93. The molecule has 0 saturated heterocycles. The van der Waals surface area contributed by atoms with E-state index in [9.17, 15) is 9.90 Å². The summed E-state index contributed by atoms with van der Waals surface area (Å²) in [6.45, 7) is 3.00. The van der Waals surface area contributed by atoms with Crippen molar-refractivity contribution in [2.75, 3.05) is 6.61 Å². The van der Waals surface area contributed by atoms with Crippen molar-refractivity contribution in [2.24, 2.45) is 0 Å². The van der Waals surface area contributed by atoms with Crippen LogP contribution in [0.4, 0.5) is 4.79 Å². The fourth-order valence-corrected chi connectivity index (χ4v) is 2.59. The summed E-state index contributed by atoms with van der Waals surface area (Å²) in [6, 6.07) is 7.30. The number of aliphatic hydroxyl groups is 1. The second-order valence-electron chi connectivity index (χ2n) is 5.37. The Hall–Kier alpha value is -1.75. The summed E-state index contributed by atoms with van der Waals surface area (Å²) in [6.07, 6.45) is 3.27. The number of rotatable bonds is 5. The molecule has 0 radical (unpaired) electrons. The summed E-state index contributed by atoms with van der Waals surface area (Å²) in [7, 11) is 0. The van der Waals surface area contributed by atoms with E-state index >= 15 is 0 Å². The average Bonchev–Trinajstić information content (AvgIpc) is 2.48. The standard InChI is InChI=1S/C16H24N2O3/c1-2-21-13-7-5-6-12(10-13)11-17-16(20)18-14-8-3-4-9-15(14)19/h5-7,10,14-15,19H,2-4,8-9,11H2,1H3,(H2,17,18,20). The molecule has 1 fully saturated rings. The van der Waals surface area contributed by atoms with Crippen LogP contribution in [0, 0.1) is 0 Å². The normalized spacial score (nSPS) is 21.6. The molecule has 2 atom stereocenters. The van der Waals surface area contributed by atoms with Crippen LogP contribution in [0.15, 0.2) is 24.3 Å². The van der Waals surface area contributed by atoms with Gasteiger partial charge in [0.15, 0.2) is 0 Å². The molecule has 116 valence electrons. The molecule has 1 saturated carbocycles. The number of hydrogen-bond acceptors (Lipinski definition) is 3. The number of carbonyl (C=O) groups is 1. The van der Waals surface area contributed by atoms with Gasteiger partial charge in [-0.3, -0.25) is 0 Å². The topological polar surface area (TPSA) is 70.6 Å². The van der Waals surface area contributed by atoms with Crippen molar-refractivity contribution < 1.29 is 14.6 Å². The van der Waals surface area contributed by atoms with Gasteiger partial charge >= 0.3 is 6.03 Å². The van der Waals surface area contributed by atoms with Gasteiger partial charge in [0, 0.05) is 6.54 Å². The van der Waals surface area contributed by atoms with Crippen LogP contribution in [0.2, 0.25) is 0 Å². The maximum absolute atomic E-state index is 11.9. The lowest BCUT2D eigenvalue weighted by Gasteiger charge is -2.28. The molecule has 0 spiro atoms. The molecule has 3 N–H and O–H groups in total. The molecule has 2 unspecified atom stereocenters. The minimum atomic E-state index is -0.425. The molecule has 0 aliphatic heterocycles. The fourth-order valence-electron chi connectivity index (χ4n) is 2.59. The molecule has 0 bridgehead atoms. The number of ether oxygens (including phenoxy) is 1. The first-order chi connectivity index (χ1) is 10.2. The van der Waals surface area contributed by atoms with Gasteiger partial charge in [-0.1, -0.05) is 25.0 Å². The Kier molecular flexibility index (Phi) is 5.87. The largest absolute Gasteiger partial charge is 0.494 e. The summed E-state index contributed by atoms with van der Waals surface area (Å²) in [5.41, 5.74) is 0.986. The van der Waals surface area contributed by atoms with Crippen molar-refractivity contribution in [3.8, 4) is 5.75 Å². The molecule has 21 heavy (non-hydrogen) atoms. The number of carbonyl (C=O) groups excluding carboxylic acids is 1. The second kappa shape index (κ2) is 7.88. The van der Waals surface area contributed by atoms with Gasteiger partial charge in [0.05, 0.1) is 18.8 Å². The van der Waals surface area contributed by atoms with Crippen LogP contribution >= 0.6 is 0 Å². The van der Waals surface area contributed by atoms with Crippen molar-refractivity contribution in [3.05, 3.63) is 29.8 Å². The van der Waals surface area contributed by atoms with Crippen LogP contribution in [0.25, 0.3) is 0 Å². The number of hydrogen-bond donors (Lipinski definition) is 3. The molecule has 0 heterocycles. The Morgan fingerprint density at radius 1 is 1.38 bits per heavy atom. The van der Waals surface area contributed by atoms with E-state index in [2.05, 4.69) is 10.6 Å². The smallest absolute Gasteiger partial charge is 0.315 e. The number of urea groups is 1. The predicted octanol–water partition coefficient (Wildman–Crippen LogP) is 2.19. The van der Waals surface area contributed by atoms with Crippen LogP contribution in [0.1, 0.15) is 38.2 Å². The van der Waals surface area contributed by atoms with Gasteiger partial charge in [-0.25, -0.2) is 4.79 Å². The van der Waals surface area contributed by atoms with Gasteiger partial charge in [-0.15, -0.1) is 0 Å². The molecule has 5 heteroatoms. The van der Waals surface area contributed by atoms with E-state index in [1.165, 1.54) is 0 Å². The van der Waals surface area contributed by atoms with Crippen LogP contribution in [-0.4, -0.2) is 29.9 Å². The van der Waals surface area contributed by atoms with Gasteiger partial charge in [0.25, 0.3) is 0 Å². The van der Waals surface area contributed by atoms with Gasteiger partial charge < -0.3 is 20.5 Å². The van der Waals surface area contributed by atoms with Crippen LogP contribution in [-0.2, 0) is 6.54 Å². The second-order valence-corrected chi connectivity index (χ2v) is 5.37. The molecule has 1 aromatic carbocycles. The highest BCUT2D eigenvalue weighted by atomic mass is 16.5. The minimum Gasteiger partial charge on any atom is -0.494 e.